The second-order valence-electron chi connectivity index (χ2n) is 5.62. The Hall–Kier alpha value is -2.62. The lowest BCUT2D eigenvalue weighted by Gasteiger charge is -2.11. The largest absolute Gasteiger partial charge is 0.348 e. The lowest BCUT2D eigenvalue weighted by molar-refractivity contribution is 0.0940. The molecular weight excluding hydrogens is 354 g/mol. The molecule has 132 valence electrons. The van der Waals surface area contributed by atoms with Crippen molar-refractivity contribution < 1.29 is 22.0 Å². The lowest BCUT2D eigenvalue weighted by atomic mass is 10.2. The minimum absolute atomic E-state index is 0.00485. The normalized spacial score (nSPS) is 18.7. The summed E-state index contributed by atoms with van der Waals surface area (Å²) in [6, 6.07) is 2.58. The molecule has 0 radical (unpaired) electrons. The highest BCUT2D eigenvalue weighted by Crippen LogP contribution is 2.18. The quantitative estimate of drug-likeness (QED) is 0.846. The third-order valence-electron chi connectivity index (χ3n) is 3.66. The van der Waals surface area contributed by atoms with Crippen LogP contribution >= 0.6 is 0 Å². The maximum Gasteiger partial charge on any atom is 0.254 e. The standard InChI is InChI=1S/C15H14F2N4O3S/c16-10-1-2-13(12(17)5-10)21-15-18-6-9(7-19-15)14(22)20-11-3-4-25(23,24)8-11/h1-2,5-7,11H,3-4,8H2,(H,20,22)(H,18,19,21). The van der Waals surface area contributed by atoms with Gasteiger partial charge < -0.3 is 10.6 Å². The molecular formula is C15H14F2N4O3S. The molecule has 1 aliphatic rings. The maximum absolute atomic E-state index is 13.6. The molecule has 0 spiro atoms. The first-order chi connectivity index (χ1) is 11.8. The highest BCUT2D eigenvalue weighted by atomic mass is 32.2. The predicted molar refractivity (Wildman–Crippen MR) is 86.2 cm³/mol. The van der Waals surface area contributed by atoms with Crippen molar-refractivity contribution in [3.8, 4) is 0 Å². The Morgan fingerprint density at radius 1 is 1.20 bits per heavy atom. The maximum atomic E-state index is 13.6. The van der Waals surface area contributed by atoms with E-state index in [9.17, 15) is 22.0 Å². The van der Waals surface area contributed by atoms with Gasteiger partial charge >= 0.3 is 0 Å². The summed E-state index contributed by atoms with van der Waals surface area (Å²) in [4.78, 5) is 19.9. The molecule has 2 aromatic rings. The summed E-state index contributed by atoms with van der Waals surface area (Å²) in [5.41, 5.74) is 0.143. The summed E-state index contributed by atoms with van der Waals surface area (Å²) in [6.45, 7) is 0. The van der Waals surface area contributed by atoms with E-state index in [1.807, 2.05) is 0 Å². The van der Waals surface area contributed by atoms with Gasteiger partial charge in [-0.1, -0.05) is 0 Å². The van der Waals surface area contributed by atoms with E-state index in [0.29, 0.717) is 6.42 Å². The van der Waals surface area contributed by atoms with Crippen LogP contribution in [-0.2, 0) is 9.84 Å². The van der Waals surface area contributed by atoms with Crippen LogP contribution in [0, 0.1) is 11.6 Å². The average molecular weight is 368 g/mol. The first kappa shape index (κ1) is 17.2. The molecule has 3 rings (SSSR count). The summed E-state index contributed by atoms with van der Waals surface area (Å²) in [6.07, 6.45) is 2.84. The lowest BCUT2D eigenvalue weighted by Crippen LogP contribution is -2.35. The van der Waals surface area contributed by atoms with Crippen LogP contribution in [0.15, 0.2) is 30.6 Å². The number of halogens is 2. The van der Waals surface area contributed by atoms with Gasteiger partial charge in [0.25, 0.3) is 5.91 Å². The first-order valence-corrected chi connectivity index (χ1v) is 9.20. The number of nitrogens with zero attached hydrogens (tertiary/aromatic N) is 2. The highest BCUT2D eigenvalue weighted by Gasteiger charge is 2.29. The SMILES string of the molecule is O=C(NC1CCS(=O)(=O)C1)c1cnc(Nc2ccc(F)cc2F)nc1. The van der Waals surface area contributed by atoms with Crippen LogP contribution in [0.1, 0.15) is 16.8 Å². The Bertz CT molecular complexity index is 903. The topological polar surface area (TPSA) is 101 Å². The van der Waals surface area contributed by atoms with Crippen molar-refractivity contribution in [3.63, 3.8) is 0 Å². The minimum Gasteiger partial charge on any atom is -0.348 e. The molecule has 7 nitrogen and oxygen atoms in total. The smallest absolute Gasteiger partial charge is 0.254 e. The van der Waals surface area contributed by atoms with Crippen LogP contribution in [0.2, 0.25) is 0 Å². The van der Waals surface area contributed by atoms with Crippen molar-refractivity contribution in [2.75, 3.05) is 16.8 Å². The van der Waals surface area contributed by atoms with Crippen LogP contribution in [0.3, 0.4) is 0 Å². The molecule has 1 amide bonds. The van der Waals surface area contributed by atoms with E-state index < -0.39 is 33.4 Å². The van der Waals surface area contributed by atoms with Gasteiger partial charge in [0.2, 0.25) is 5.95 Å². The van der Waals surface area contributed by atoms with Crippen molar-refractivity contribution >= 4 is 27.4 Å². The molecule has 1 aromatic carbocycles. The zero-order chi connectivity index (χ0) is 18.0. The van der Waals surface area contributed by atoms with Crippen molar-refractivity contribution in [2.24, 2.45) is 0 Å². The number of carbonyl (C=O) groups is 1. The van der Waals surface area contributed by atoms with E-state index in [-0.39, 0.29) is 28.7 Å². The van der Waals surface area contributed by atoms with E-state index in [0.717, 1.165) is 12.1 Å². The number of benzene rings is 1. The Kier molecular flexibility index (Phi) is 4.62. The molecule has 1 saturated heterocycles. The predicted octanol–water partition coefficient (Wildman–Crippen LogP) is 1.42. The number of carbonyl (C=O) groups excluding carboxylic acids is 1. The van der Waals surface area contributed by atoms with Gasteiger partial charge in [-0.05, 0) is 18.6 Å². The van der Waals surface area contributed by atoms with Gasteiger partial charge in [0.15, 0.2) is 9.84 Å². The van der Waals surface area contributed by atoms with E-state index in [4.69, 9.17) is 0 Å². The van der Waals surface area contributed by atoms with Crippen LogP contribution < -0.4 is 10.6 Å². The van der Waals surface area contributed by atoms with Gasteiger partial charge in [0.05, 0.1) is 22.8 Å². The summed E-state index contributed by atoms with van der Waals surface area (Å²) in [5, 5.41) is 5.19. The molecule has 2 heterocycles. The molecule has 1 atom stereocenters. The van der Waals surface area contributed by atoms with E-state index in [1.165, 1.54) is 18.5 Å². The second kappa shape index (κ2) is 6.71. The fraction of sp³-hybridized carbons (Fsp3) is 0.267. The summed E-state index contributed by atoms with van der Waals surface area (Å²) >= 11 is 0. The number of sulfone groups is 1. The zero-order valence-electron chi connectivity index (χ0n) is 12.9. The van der Waals surface area contributed by atoms with Crippen LogP contribution in [0.5, 0.6) is 0 Å². The zero-order valence-corrected chi connectivity index (χ0v) is 13.7. The fourth-order valence-corrected chi connectivity index (χ4v) is 4.07. The van der Waals surface area contributed by atoms with Crippen molar-refractivity contribution in [1.82, 2.24) is 15.3 Å². The Labute approximate surface area is 142 Å². The Morgan fingerprint density at radius 2 is 1.92 bits per heavy atom. The summed E-state index contributed by atoms with van der Waals surface area (Å²) in [5.74, 6) is -1.98. The molecule has 0 bridgehead atoms. The number of nitrogens with one attached hydrogen (secondary N) is 2. The number of rotatable bonds is 4. The number of anilines is 2. The van der Waals surface area contributed by atoms with Crippen LogP contribution in [-0.4, -0.2) is 41.8 Å². The first-order valence-electron chi connectivity index (χ1n) is 7.38. The Morgan fingerprint density at radius 3 is 2.52 bits per heavy atom. The average Bonchev–Trinajstić information content (AvgIpc) is 2.89. The molecule has 2 N–H and O–H groups in total. The molecule has 25 heavy (non-hydrogen) atoms. The van der Waals surface area contributed by atoms with E-state index >= 15 is 0 Å². The van der Waals surface area contributed by atoms with Gasteiger partial charge in [-0.2, -0.15) is 0 Å². The molecule has 10 heteroatoms. The minimum atomic E-state index is -3.09. The van der Waals surface area contributed by atoms with Crippen molar-refractivity contribution in [3.05, 3.63) is 47.8 Å². The molecule has 1 unspecified atom stereocenters. The molecule has 1 aliphatic heterocycles. The van der Waals surface area contributed by atoms with Gasteiger partial charge in [0.1, 0.15) is 11.6 Å². The molecule has 0 aliphatic carbocycles. The monoisotopic (exact) mass is 368 g/mol. The van der Waals surface area contributed by atoms with Crippen LogP contribution in [0.25, 0.3) is 0 Å². The number of hydrogen-bond acceptors (Lipinski definition) is 6. The molecule has 1 fully saturated rings. The van der Waals surface area contributed by atoms with Gasteiger partial charge in [-0.25, -0.2) is 27.2 Å². The fourth-order valence-electron chi connectivity index (χ4n) is 2.40. The number of hydrogen-bond donors (Lipinski definition) is 2. The van der Waals surface area contributed by atoms with Crippen LogP contribution in [0.4, 0.5) is 20.4 Å². The van der Waals surface area contributed by atoms with Gasteiger partial charge in [0, 0.05) is 24.5 Å². The number of aromatic nitrogens is 2. The van der Waals surface area contributed by atoms with Gasteiger partial charge in [-0.15, -0.1) is 0 Å². The second-order valence-corrected chi connectivity index (χ2v) is 7.85. The van der Waals surface area contributed by atoms with E-state index in [2.05, 4.69) is 20.6 Å². The molecule has 0 saturated carbocycles. The summed E-state index contributed by atoms with van der Waals surface area (Å²) < 4.78 is 49.2. The third-order valence-corrected chi connectivity index (χ3v) is 5.43. The Balaban J connectivity index is 1.64. The highest BCUT2D eigenvalue weighted by molar-refractivity contribution is 7.91. The molecule has 1 aromatic heterocycles. The third kappa shape index (κ3) is 4.27. The van der Waals surface area contributed by atoms with Crippen molar-refractivity contribution in [2.45, 2.75) is 12.5 Å². The van der Waals surface area contributed by atoms with E-state index in [1.54, 1.807) is 0 Å². The number of amides is 1. The van der Waals surface area contributed by atoms with Crippen molar-refractivity contribution in [1.29, 1.82) is 0 Å². The summed E-state index contributed by atoms with van der Waals surface area (Å²) in [7, 11) is -3.09. The van der Waals surface area contributed by atoms with Gasteiger partial charge in [-0.3, -0.25) is 4.79 Å².